The lowest BCUT2D eigenvalue weighted by Gasteiger charge is -2.38. The Morgan fingerprint density at radius 2 is 2.12 bits per heavy atom. The average Bonchev–Trinajstić information content (AvgIpc) is 2.57. The molecule has 2 atom stereocenters. The lowest BCUT2D eigenvalue weighted by atomic mass is 10.1. The van der Waals surface area contributed by atoms with Crippen molar-refractivity contribution in [1.29, 1.82) is 0 Å². The van der Waals surface area contributed by atoms with Crippen LogP contribution in [0.5, 0.6) is 0 Å². The number of nitrogens with zero attached hydrogens (tertiary/aromatic N) is 1. The maximum atomic E-state index is 12.8. The molecule has 7 nitrogen and oxygen atoms in total. The molecule has 1 aliphatic heterocycles. The van der Waals surface area contributed by atoms with Crippen LogP contribution < -0.4 is 10.0 Å². The molecule has 1 fully saturated rings. The summed E-state index contributed by atoms with van der Waals surface area (Å²) in [5, 5.41) is 3.32. The highest BCUT2D eigenvalue weighted by atomic mass is 35.5. The molecular formula is C16H26ClN3O4S. The Morgan fingerprint density at radius 3 is 2.80 bits per heavy atom. The van der Waals surface area contributed by atoms with E-state index in [1.165, 1.54) is 19.2 Å². The quantitative estimate of drug-likeness (QED) is 0.702. The largest absolute Gasteiger partial charge is 0.383 e. The lowest BCUT2D eigenvalue weighted by molar-refractivity contribution is 0.0602. The Hall–Kier alpha value is -1.19. The number of methoxy groups -OCH3 is 1. The van der Waals surface area contributed by atoms with Crippen LogP contribution in [0.25, 0.3) is 0 Å². The molecule has 1 aromatic rings. The first kappa shape index (κ1) is 21.9. The minimum Gasteiger partial charge on any atom is -0.383 e. The van der Waals surface area contributed by atoms with Crippen molar-refractivity contribution < 1.29 is 17.9 Å². The van der Waals surface area contributed by atoms with Crippen LogP contribution in [-0.2, 0) is 14.8 Å². The van der Waals surface area contributed by atoms with Gasteiger partial charge in [0.1, 0.15) is 0 Å². The Morgan fingerprint density at radius 1 is 1.40 bits per heavy atom. The van der Waals surface area contributed by atoms with Crippen LogP contribution in [0.4, 0.5) is 0 Å². The number of rotatable bonds is 6. The Balaban J connectivity index is 0.00000312. The number of hydrogen-bond acceptors (Lipinski definition) is 5. The molecule has 9 heteroatoms. The first-order chi connectivity index (χ1) is 11.4. The van der Waals surface area contributed by atoms with Crippen molar-refractivity contribution in [2.45, 2.75) is 30.8 Å². The molecule has 0 radical (unpaired) electrons. The molecular weight excluding hydrogens is 366 g/mol. The highest BCUT2D eigenvalue weighted by Crippen LogP contribution is 2.17. The maximum Gasteiger partial charge on any atom is 0.254 e. The Labute approximate surface area is 155 Å². The summed E-state index contributed by atoms with van der Waals surface area (Å²) in [5.74, 6) is -0.148. The van der Waals surface area contributed by atoms with Crippen LogP contribution in [0.3, 0.4) is 0 Å². The number of nitrogens with one attached hydrogen (secondary N) is 2. The van der Waals surface area contributed by atoms with E-state index < -0.39 is 10.0 Å². The third-order valence-corrected chi connectivity index (χ3v) is 5.74. The van der Waals surface area contributed by atoms with E-state index in [2.05, 4.69) is 10.0 Å². The molecule has 1 amide bonds. The van der Waals surface area contributed by atoms with Crippen LogP contribution in [0.1, 0.15) is 24.2 Å². The summed E-state index contributed by atoms with van der Waals surface area (Å²) in [4.78, 5) is 14.6. The zero-order chi connectivity index (χ0) is 17.7. The van der Waals surface area contributed by atoms with Crippen molar-refractivity contribution in [1.82, 2.24) is 14.9 Å². The number of carbonyl (C=O) groups is 1. The summed E-state index contributed by atoms with van der Waals surface area (Å²) >= 11 is 0. The van der Waals surface area contributed by atoms with Gasteiger partial charge in [-0.15, -0.1) is 12.4 Å². The van der Waals surface area contributed by atoms with E-state index in [-0.39, 0.29) is 48.4 Å². The van der Waals surface area contributed by atoms with Gasteiger partial charge in [-0.1, -0.05) is 6.07 Å². The molecule has 2 N–H and O–H groups in total. The van der Waals surface area contributed by atoms with Crippen molar-refractivity contribution in [3.63, 3.8) is 0 Å². The second-order valence-corrected chi connectivity index (χ2v) is 7.67. The summed E-state index contributed by atoms with van der Waals surface area (Å²) in [6.45, 7) is 5.82. The number of piperazine rings is 1. The second-order valence-electron chi connectivity index (χ2n) is 5.90. The van der Waals surface area contributed by atoms with Gasteiger partial charge in [0, 0.05) is 44.4 Å². The normalized spacial score (nSPS) is 20.8. The van der Waals surface area contributed by atoms with Gasteiger partial charge in [-0.25, -0.2) is 13.1 Å². The van der Waals surface area contributed by atoms with Crippen LogP contribution in [0.2, 0.25) is 0 Å². The fraction of sp³-hybridized carbons (Fsp3) is 0.562. The number of benzene rings is 1. The van der Waals surface area contributed by atoms with Gasteiger partial charge in [0.2, 0.25) is 10.0 Å². The summed E-state index contributed by atoms with van der Waals surface area (Å²) in [5.41, 5.74) is 0.380. The zero-order valence-electron chi connectivity index (χ0n) is 14.7. The molecule has 25 heavy (non-hydrogen) atoms. The maximum absolute atomic E-state index is 12.8. The predicted molar refractivity (Wildman–Crippen MR) is 98.7 cm³/mol. The molecule has 0 aliphatic carbocycles. The van der Waals surface area contributed by atoms with Gasteiger partial charge in [0.05, 0.1) is 11.5 Å². The van der Waals surface area contributed by atoms with Gasteiger partial charge in [-0.05, 0) is 32.0 Å². The van der Waals surface area contributed by atoms with E-state index in [0.717, 1.165) is 6.54 Å². The number of carbonyl (C=O) groups excluding carboxylic acids is 1. The standard InChI is InChI=1S/C16H25N3O4S.ClH/c1-12-13(2)19(9-7-17-12)16(20)14-5-4-6-15(11-14)24(21,22)18-8-10-23-3;/h4-6,11-13,17-18H,7-10H2,1-3H3;1H. The third kappa shape index (κ3) is 5.39. The summed E-state index contributed by atoms with van der Waals surface area (Å²) in [7, 11) is -2.15. The van der Waals surface area contributed by atoms with Crippen molar-refractivity contribution in [2.24, 2.45) is 0 Å². The lowest BCUT2D eigenvalue weighted by Crippen LogP contribution is -2.57. The molecule has 0 spiro atoms. The molecule has 1 heterocycles. The SMILES string of the molecule is COCCNS(=O)(=O)c1cccc(C(=O)N2CCNC(C)C2C)c1.Cl. The topological polar surface area (TPSA) is 87.7 Å². The van der Waals surface area contributed by atoms with Gasteiger partial charge in [-0.2, -0.15) is 0 Å². The van der Waals surface area contributed by atoms with Crippen molar-refractivity contribution in [2.75, 3.05) is 33.4 Å². The second kappa shape index (κ2) is 9.49. The van der Waals surface area contributed by atoms with Gasteiger partial charge in [0.25, 0.3) is 5.91 Å². The van der Waals surface area contributed by atoms with Crippen LogP contribution in [0.15, 0.2) is 29.2 Å². The number of sulfonamides is 1. The molecule has 0 saturated carbocycles. The third-order valence-electron chi connectivity index (χ3n) is 4.28. The van der Waals surface area contributed by atoms with Crippen LogP contribution in [0, 0.1) is 0 Å². The molecule has 142 valence electrons. The predicted octanol–water partition coefficient (Wildman–Crippen LogP) is 0.856. The van der Waals surface area contributed by atoms with E-state index in [9.17, 15) is 13.2 Å². The van der Waals surface area contributed by atoms with Gasteiger partial charge < -0.3 is 15.0 Å². The van der Waals surface area contributed by atoms with E-state index in [0.29, 0.717) is 12.1 Å². The van der Waals surface area contributed by atoms with Gasteiger partial charge >= 0.3 is 0 Å². The van der Waals surface area contributed by atoms with Crippen molar-refractivity contribution in [3.05, 3.63) is 29.8 Å². The van der Waals surface area contributed by atoms with Gasteiger partial charge in [0.15, 0.2) is 0 Å². The van der Waals surface area contributed by atoms with Crippen molar-refractivity contribution >= 4 is 28.3 Å². The van der Waals surface area contributed by atoms with Crippen LogP contribution >= 0.6 is 12.4 Å². The first-order valence-electron chi connectivity index (χ1n) is 8.00. The highest BCUT2D eigenvalue weighted by Gasteiger charge is 2.29. The van der Waals surface area contributed by atoms with Crippen molar-refractivity contribution in [3.8, 4) is 0 Å². The van der Waals surface area contributed by atoms with E-state index in [4.69, 9.17) is 4.74 Å². The number of amides is 1. The smallest absolute Gasteiger partial charge is 0.254 e. The Bertz CT molecular complexity index is 684. The summed E-state index contributed by atoms with van der Waals surface area (Å²) in [6, 6.07) is 6.40. The fourth-order valence-corrected chi connectivity index (χ4v) is 3.73. The average molecular weight is 392 g/mol. The van der Waals surface area contributed by atoms with E-state index >= 15 is 0 Å². The van der Waals surface area contributed by atoms with E-state index in [1.54, 1.807) is 17.0 Å². The summed E-state index contributed by atoms with van der Waals surface area (Å²) < 4.78 is 31.8. The molecule has 1 aliphatic rings. The molecule has 0 bridgehead atoms. The molecule has 2 rings (SSSR count). The molecule has 1 saturated heterocycles. The monoisotopic (exact) mass is 391 g/mol. The zero-order valence-corrected chi connectivity index (χ0v) is 16.3. The molecule has 1 aromatic carbocycles. The molecule has 0 aromatic heterocycles. The minimum atomic E-state index is -3.66. The van der Waals surface area contributed by atoms with Crippen LogP contribution in [-0.4, -0.2) is 64.7 Å². The Kier molecular flexibility index (Phi) is 8.30. The summed E-state index contributed by atoms with van der Waals surface area (Å²) in [6.07, 6.45) is 0. The fourth-order valence-electron chi connectivity index (χ4n) is 2.67. The highest BCUT2D eigenvalue weighted by molar-refractivity contribution is 7.89. The molecule has 2 unspecified atom stereocenters. The number of ether oxygens (including phenoxy) is 1. The van der Waals surface area contributed by atoms with Gasteiger partial charge in [-0.3, -0.25) is 4.79 Å². The number of halogens is 1. The minimum absolute atomic E-state index is 0. The first-order valence-corrected chi connectivity index (χ1v) is 9.48. The van der Waals surface area contributed by atoms with E-state index in [1.807, 2.05) is 13.8 Å². The number of hydrogen-bond donors (Lipinski definition) is 2.